The Morgan fingerprint density at radius 1 is 1.40 bits per heavy atom. The smallest absolute Gasteiger partial charge is 0.00572 e. The van der Waals surface area contributed by atoms with E-state index in [2.05, 4.69) is 18.2 Å². The van der Waals surface area contributed by atoms with Crippen LogP contribution in [0.4, 0.5) is 0 Å². The highest BCUT2D eigenvalue weighted by Gasteiger charge is 2.38. The summed E-state index contributed by atoms with van der Waals surface area (Å²) >= 11 is 0. The number of hydrogen-bond acceptors (Lipinski definition) is 0. The predicted octanol–water partition coefficient (Wildman–Crippen LogP) is 2.59. The van der Waals surface area contributed by atoms with Crippen molar-refractivity contribution >= 4 is 0 Å². The first-order valence-electron chi connectivity index (χ1n) is 4.05. The Balaban J connectivity index is 2.11. The van der Waals surface area contributed by atoms with Crippen LogP contribution in [0, 0.1) is 5.92 Å². The van der Waals surface area contributed by atoms with Gasteiger partial charge in [0.15, 0.2) is 0 Å². The number of allylic oxidation sites excluding steroid dienone is 6. The molecule has 0 N–H and O–H groups in total. The minimum atomic E-state index is 0.917. The van der Waals surface area contributed by atoms with Gasteiger partial charge in [-0.25, -0.2) is 0 Å². The van der Waals surface area contributed by atoms with E-state index in [0.29, 0.717) is 0 Å². The minimum absolute atomic E-state index is 0.917. The first kappa shape index (κ1) is 4.95. The van der Waals surface area contributed by atoms with Crippen molar-refractivity contribution < 1.29 is 0 Å². The van der Waals surface area contributed by atoms with Gasteiger partial charge in [-0.1, -0.05) is 29.4 Å². The van der Waals surface area contributed by atoms with Crippen molar-refractivity contribution in [3.8, 4) is 0 Å². The molecule has 0 radical (unpaired) electrons. The largest absolute Gasteiger partial charge is 0.0836 e. The molecule has 0 bridgehead atoms. The average Bonchev–Trinajstić information content (AvgIpc) is 2.64. The molecule has 0 aromatic heterocycles. The minimum Gasteiger partial charge on any atom is -0.0836 e. The molecule has 3 aliphatic carbocycles. The molecule has 10 heavy (non-hydrogen) atoms. The predicted molar refractivity (Wildman–Crippen MR) is 41.6 cm³/mol. The number of hydrogen-bond donors (Lipinski definition) is 0. The van der Waals surface area contributed by atoms with E-state index in [1.165, 1.54) is 24.8 Å². The number of rotatable bonds is 0. The highest BCUT2D eigenvalue weighted by molar-refractivity contribution is 5.56. The fourth-order valence-electron chi connectivity index (χ4n) is 2.10. The zero-order valence-corrected chi connectivity index (χ0v) is 5.93. The topological polar surface area (TPSA) is 0 Å². The van der Waals surface area contributed by atoms with Crippen LogP contribution in [0.2, 0.25) is 0 Å². The highest BCUT2D eigenvalue weighted by Crippen LogP contribution is 2.52. The van der Waals surface area contributed by atoms with E-state index in [-0.39, 0.29) is 0 Å². The lowest BCUT2D eigenvalue weighted by Gasteiger charge is -2.08. The summed E-state index contributed by atoms with van der Waals surface area (Å²) < 4.78 is 0. The Morgan fingerprint density at radius 2 is 2.40 bits per heavy atom. The van der Waals surface area contributed by atoms with Gasteiger partial charge in [-0.2, -0.15) is 0 Å². The third-order valence-electron chi connectivity index (χ3n) is 2.74. The van der Waals surface area contributed by atoms with Crippen LogP contribution >= 0.6 is 0 Å². The lowest BCUT2D eigenvalue weighted by atomic mass is 9.97. The van der Waals surface area contributed by atoms with Gasteiger partial charge in [0.2, 0.25) is 0 Å². The van der Waals surface area contributed by atoms with Gasteiger partial charge in [-0.15, -0.1) is 0 Å². The van der Waals surface area contributed by atoms with Crippen molar-refractivity contribution in [1.82, 2.24) is 0 Å². The molecular formula is C10H10. The molecule has 3 rings (SSSR count). The standard InChI is InChI=1S/C10H10/c1-2-4-9-7(3-1)5-8-6-10(8)9/h1,3,5,10H,2,4,6H2. The fraction of sp³-hybridized carbons (Fsp3) is 0.400. The van der Waals surface area contributed by atoms with E-state index in [1.807, 2.05) is 0 Å². The van der Waals surface area contributed by atoms with E-state index >= 15 is 0 Å². The Hall–Kier alpha value is -0.780. The first-order valence-corrected chi connectivity index (χ1v) is 4.05. The summed E-state index contributed by atoms with van der Waals surface area (Å²) in [6, 6.07) is 0. The second-order valence-corrected chi connectivity index (χ2v) is 3.40. The molecule has 0 heteroatoms. The van der Waals surface area contributed by atoms with E-state index in [9.17, 15) is 0 Å². The van der Waals surface area contributed by atoms with Gasteiger partial charge in [0.25, 0.3) is 0 Å². The van der Waals surface area contributed by atoms with Crippen molar-refractivity contribution in [3.05, 3.63) is 34.9 Å². The van der Waals surface area contributed by atoms with Gasteiger partial charge in [-0.05, 0) is 24.8 Å². The Labute approximate surface area is 60.9 Å². The van der Waals surface area contributed by atoms with Gasteiger partial charge < -0.3 is 0 Å². The van der Waals surface area contributed by atoms with E-state index in [0.717, 1.165) is 5.92 Å². The maximum Gasteiger partial charge on any atom is 0.00572 e. The molecular weight excluding hydrogens is 120 g/mol. The van der Waals surface area contributed by atoms with Crippen LogP contribution in [-0.4, -0.2) is 0 Å². The van der Waals surface area contributed by atoms with Crippen LogP contribution in [0.3, 0.4) is 0 Å². The second-order valence-electron chi connectivity index (χ2n) is 3.40. The van der Waals surface area contributed by atoms with E-state index in [1.54, 1.807) is 11.1 Å². The molecule has 0 heterocycles. The Bertz CT molecular complexity index is 276. The fourth-order valence-corrected chi connectivity index (χ4v) is 2.10. The Kier molecular flexibility index (Phi) is 0.715. The average molecular weight is 130 g/mol. The van der Waals surface area contributed by atoms with Crippen molar-refractivity contribution in [2.75, 3.05) is 0 Å². The molecule has 0 spiro atoms. The van der Waals surface area contributed by atoms with Crippen LogP contribution in [0.25, 0.3) is 0 Å². The second kappa shape index (κ2) is 1.45. The summed E-state index contributed by atoms with van der Waals surface area (Å²) in [5.74, 6) is 0.917. The molecule has 0 amide bonds. The maximum absolute atomic E-state index is 2.38. The quantitative estimate of drug-likeness (QED) is 0.473. The molecule has 1 unspecified atom stereocenters. The summed E-state index contributed by atoms with van der Waals surface area (Å²) in [6.45, 7) is 0. The lowest BCUT2D eigenvalue weighted by molar-refractivity contribution is 0.863. The van der Waals surface area contributed by atoms with Crippen molar-refractivity contribution in [1.29, 1.82) is 0 Å². The molecule has 3 aliphatic rings. The lowest BCUT2D eigenvalue weighted by Crippen LogP contribution is -1.91. The van der Waals surface area contributed by atoms with Crippen LogP contribution in [0.1, 0.15) is 19.3 Å². The first-order chi connectivity index (χ1) is 4.95. The van der Waals surface area contributed by atoms with Crippen LogP contribution in [0.5, 0.6) is 0 Å². The van der Waals surface area contributed by atoms with E-state index in [4.69, 9.17) is 0 Å². The van der Waals surface area contributed by atoms with Crippen LogP contribution in [0.15, 0.2) is 34.9 Å². The van der Waals surface area contributed by atoms with Crippen LogP contribution < -0.4 is 0 Å². The van der Waals surface area contributed by atoms with Gasteiger partial charge in [-0.3, -0.25) is 0 Å². The zero-order valence-electron chi connectivity index (χ0n) is 5.93. The van der Waals surface area contributed by atoms with E-state index < -0.39 is 0 Å². The summed E-state index contributed by atoms with van der Waals surface area (Å²) in [6.07, 6.45) is 11.0. The van der Waals surface area contributed by atoms with Gasteiger partial charge in [0.1, 0.15) is 0 Å². The molecule has 1 atom stereocenters. The van der Waals surface area contributed by atoms with Crippen LogP contribution in [-0.2, 0) is 0 Å². The number of fused-ring (bicyclic) bond motifs is 2. The molecule has 0 aromatic rings. The van der Waals surface area contributed by atoms with Gasteiger partial charge >= 0.3 is 0 Å². The van der Waals surface area contributed by atoms with Crippen molar-refractivity contribution in [3.63, 3.8) is 0 Å². The third kappa shape index (κ3) is 0.476. The molecule has 1 saturated carbocycles. The normalized spacial score (nSPS) is 33.6. The molecule has 0 nitrogen and oxygen atoms in total. The van der Waals surface area contributed by atoms with Crippen molar-refractivity contribution in [2.24, 2.45) is 5.92 Å². The third-order valence-corrected chi connectivity index (χ3v) is 2.74. The summed E-state index contributed by atoms with van der Waals surface area (Å²) in [7, 11) is 0. The zero-order chi connectivity index (χ0) is 6.55. The Morgan fingerprint density at radius 3 is 3.30 bits per heavy atom. The molecule has 0 aromatic carbocycles. The van der Waals surface area contributed by atoms with Gasteiger partial charge in [0, 0.05) is 5.92 Å². The molecule has 0 saturated heterocycles. The maximum atomic E-state index is 2.38. The molecule has 50 valence electrons. The monoisotopic (exact) mass is 130 g/mol. The van der Waals surface area contributed by atoms with Gasteiger partial charge in [0.05, 0.1) is 0 Å². The summed E-state index contributed by atoms with van der Waals surface area (Å²) in [5, 5.41) is 0. The summed E-state index contributed by atoms with van der Waals surface area (Å²) in [5.41, 5.74) is 4.96. The SMILES string of the molecule is C1=CC2=C(CC1)C1CC1=C2. The molecule has 0 aliphatic heterocycles. The van der Waals surface area contributed by atoms with Crippen molar-refractivity contribution in [2.45, 2.75) is 19.3 Å². The highest BCUT2D eigenvalue weighted by atomic mass is 14.4. The molecule has 1 fully saturated rings. The summed E-state index contributed by atoms with van der Waals surface area (Å²) in [4.78, 5) is 0.